The zero-order valence-electron chi connectivity index (χ0n) is 11.9. The van der Waals surface area contributed by atoms with Gasteiger partial charge in [-0.3, -0.25) is 4.79 Å². The predicted molar refractivity (Wildman–Crippen MR) is 89.3 cm³/mol. The van der Waals surface area contributed by atoms with Crippen molar-refractivity contribution in [3.8, 4) is 0 Å². The smallest absolute Gasteiger partial charge is 0.258 e. The van der Waals surface area contributed by atoms with Crippen molar-refractivity contribution in [1.29, 1.82) is 0 Å². The first-order chi connectivity index (χ1) is 10.8. The minimum absolute atomic E-state index is 0.0570. The molecule has 110 valence electrons. The number of nitrogens with zero attached hydrogens (tertiary/aromatic N) is 3. The van der Waals surface area contributed by atoms with Crippen LogP contribution in [0.3, 0.4) is 0 Å². The number of carbonyl (C=O) groups excluding carboxylic acids is 1. The van der Waals surface area contributed by atoms with Crippen molar-refractivity contribution in [1.82, 2.24) is 9.61 Å². The summed E-state index contributed by atoms with van der Waals surface area (Å²) in [5.74, 6) is 0.0570. The zero-order chi connectivity index (χ0) is 15.1. The molecular formula is C17H14BrN3O. The Hall–Kier alpha value is -2.14. The monoisotopic (exact) mass is 355 g/mol. The van der Waals surface area contributed by atoms with Gasteiger partial charge >= 0.3 is 0 Å². The van der Waals surface area contributed by atoms with Crippen LogP contribution >= 0.6 is 15.9 Å². The lowest BCUT2D eigenvalue weighted by Crippen LogP contribution is -2.35. The Labute approximate surface area is 136 Å². The number of halogens is 1. The average Bonchev–Trinajstić information content (AvgIpc) is 2.96. The first-order valence-electron chi connectivity index (χ1n) is 7.27. The van der Waals surface area contributed by atoms with E-state index in [0.717, 1.165) is 40.6 Å². The highest BCUT2D eigenvalue weighted by atomic mass is 79.9. The van der Waals surface area contributed by atoms with Crippen LogP contribution in [0.25, 0.3) is 5.52 Å². The summed E-state index contributed by atoms with van der Waals surface area (Å²) in [4.78, 5) is 14.7. The molecule has 22 heavy (non-hydrogen) atoms. The van der Waals surface area contributed by atoms with E-state index in [1.807, 2.05) is 52.0 Å². The third-order valence-corrected chi connectivity index (χ3v) is 4.66. The third kappa shape index (κ3) is 2.04. The van der Waals surface area contributed by atoms with Gasteiger partial charge in [-0.05, 0) is 47.0 Å². The number of aromatic nitrogens is 2. The van der Waals surface area contributed by atoms with Gasteiger partial charge in [-0.15, -0.1) is 0 Å². The van der Waals surface area contributed by atoms with E-state index in [2.05, 4.69) is 21.0 Å². The van der Waals surface area contributed by atoms with Gasteiger partial charge in [0.1, 0.15) is 0 Å². The van der Waals surface area contributed by atoms with Crippen LogP contribution in [0.15, 0.2) is 53.3 Å². The van der Waals surface area contributed by atoms with E-state index < -0.39 is 0 Å². The standard InChI is InChI=1S/C17H14BrN3O/c18-14-11-19-21-10-8-15-13(16(14)21)7-4-9-20(15)17(22)12-5-2-1-3-6-12/h1-3,5-6,8,10-11H,4,7,9H2. The van der Waals surface area contributed by atoms with Gasteiger partial charge in [0.2, 0.25) is 0 Å². The zero-order valence-corrected chi connectivity index (χ0v) is 13.5. The minimum atomic E-state index is 0.0570. The van der Waals surface area contributed by atoms with Gasteiger partial charge in [-0.2, -0.15) is 5.10 Å². The maximum Gasteiger partial charge on any atom is 0.258 e. The summed E-state index contributed by atoms with van der Waals surface area (Å²) in [7, 11) is 0. The molecule has 3 aromatic rings. The van der Waals surface area contributed by atoms with Gasteiger partial charge < -0.3 is 4.90 Å². The van der Waals surface area contributed by atoms with E-state index in [1.165, 1.54) is 5.56 Å². The molecule has 0 unspecified atom stereocenters. The van der Waals surface area contributed by atoms with Crippen LogP contribution in [-0.2, 0) is 6.42 Å². The summed E-state index contributed by atoms with van der Waals surface area (Å²) in [6.45, 7) is 0.753. The quantitative estimate of drug-likeness (QED) is 0.667. The number of rotatable bonds is 1. The van der Waals surface area contributed by atoms with E-state index >= 15 is 0 Å². The van der Waals surface area contributed by atoms with Crippen LogP contribution < -0.4 is 4.90 Å². The molecule has 0 spiro atoms. The third-order valence-electron chi connectivity index (χ3n) is 4.08. The molecule has 0 saturated carbocycles. The molecule has 1 aromatic carbocycles. The van der Waals surface area contributed by atoms with Crippen molar-refractivity contribution in [2.75, 3.05) is 11.4 Å². The van der Waals surface area contributed by atoms with Gasteiger partial charge in [-0.25, -0.2) is 4.52 Å². The van der Waals surface area contributed by atoms with Gasteiger partial charge in [0.05, 0.1) is 21.9 Å². The van der Waals surface area contributed by atoms with Gasteiger partial charge in [-0.1, -0.05) is 18.2 Å². The Bertz CT molecular complexity index is 857. The number of carbonyl (C=O) groups is 1. The van der Waals surface area contributed by atoms with Crippen molar-refractivity contribution in [3.05, 3.63) is 64.4 Å². The van der Waals surface area contributed by atoms with Crippen LogP contribution in [-0.4, -0.2) is 22.1 Å². The van der Waals surface area contributed by atoms with Crippen molar-refractivity contribution in [3.63, 3.8) is 0 Å². The van der Waals surface area contributed by atoms with Crippen molar-refractivity contribution in [2.24, 2.45) is 0 Å². The van der Waals surface area contributed by atoms with Crippen LogP contribution in [0.1, 0.15) is 22.3 Å². The summed E-state index contributed by atoms with van der Waals surface area (Å²) in [5, 5.41) is 4.32. The average molecular weight is 356 g/mol. The Kier molecular flexibility index (Phi) is 3.22. The molecule has 0 bridgehead atoms. The van der Waals surface area contributed by atoms with Crippen LogP contribution in [0.2, 0.25) is 0 Å². The summed E-state index contributed by atoms with van der Waals surface area (Å²) in [6, 6.07) is 11.4. The van der Waals surface area contributed by atoms with E-state index in [9.17, 15) is 4.79 Å². The second-order valence-corrected chi connectivity index (χ2v) is 6.25. The van der Waals surface area contributed by atoms with Gasteiger partial charge in [0.25, 0.3) is 5.91 Å². The number of amides is 1. The topological polar surface area (TPSA) is 37.6 Å². The summed E-state index contributed by atoms with van der Waals surface area (Å²) >= 11 is 3.56. The highest BCUT2D eigenvalue weighted by Gasteiger charge is 2.26. The maximum atomic E-state index is 12.8. The van der Waals surface area contributed by atoms with Crippen LogP contribution in [0.5, 0.6) is 0 Å². The number of anilines is 1. The second-order valence-electron chi connectivity index (χ2n) is 5.39. The number of hydrogen-bond donors (Lipinski definition) is 0. The highest BCUT2D eigenvalue weighted by Crippen LogP contribution is 2.34. The molecular weight excluding hydrogens is 342 g/mol. The van der Waals surface area contributed by atoms with Gasteiger partial charge in [0, 0.05) is 23.9 Å². The van der Waals surface area contributed by atoms with E-state index in [0.29, 0.717) is 0 Å². The molecule has 0 aliphatic carbocycles. The molecule has 1 aliphatic heterocycles. The number of hydrogen-bond acceptors (Lipinski definition) is 2. The van der Waals surface area contributed by atoms with E-state index in [-0.39, 0.29) is 5.91 Å². The lowest BCUT2D eigenvalue weighted by molar-refractivity contribution is 0.0985. The lowest BCUT2D eigenvalue weighted by atomic mass is 10.0. The van der Waals surface area contributed by atoms with E-state index in [1.54, 1.807) is 6.20 Å². The summed E-state index contributed by atoms with van der Waals surface area (Å²) < 4.78 is 2.83. The Morgan fingerprint density at radius 3 is 2.82 bits per heavy atom. The normalized spacial score (nSPS) is 14.1. The molecule has 0 N–H and O–H groups in total. The number of benzene rings is 1. The molecule has 3 heterocycles. The SMILES string of the molecule is O=C(c1ccccc1)N1CCCc2c1ccn1ncc(Br)c21. The lowest BCUT2D eigenvalue weighted by Gasteiger charge is -2.30. The summed E-state index contributed by atoms with van der Waals surface area (Å²) in [6.07, 6.45) is 5.63. The number of pyridine rings is 1. The first-order valence-corrected chi connectivity index (χ1v) is 8.06. The molecule has 2 aromatic heterocycles. The maximum absolute atomic E-state index is 12.8. The molecule has 0 fully saturated rings. The largest absolute Gasteiger partial charge is 0.308 e. The fourth-order valence-electron chi connectivity index (χ4n) is 3.08. The van der Waals surface area contributed by atoms with Crippen LogP contribution in [0, 0.1) is 0 Å². The Morgan fingerprint density at radius 2 is 2.00 bits per heavy atom. The number of aryl methyl sites for hydroxylation is 1. The van der Waals surface area contributed by atoms with Crippen LogP contribution in [0.4, 0.5) is 5.69 Å². The second kappa shape index (κ2) is 5.25. The Morgan fingerprint density at radius 1 is 1.18 bits per heavy atom. The molecule has 0 saturated heterocycles. The molecule has 1 aliphatic rings. The summed E-state index contributed by atoms with van der Waals surface area (Å²) in [5.41, 5.74) is 3.96. The molecule has 1 amide bonds. The fourth-order valence-corrected chi connectivity index (χ4v) is 3.59. The van der Waals surface area contributed by atoms with Crippen molar-refractivity contribution < 1.29 is 4.79 Å². The highest BCUT2D eigenvalue weighted by molar-refractivity contribution is 9.10. The molecule has 5 heteroatoms. The molecule has 4 rings (SSSR count). The van der Waals surface area contributed by atoms with Crippen molar-refractivity contribution in [2.45, 2.75) is 12.8 Å². The molecule has 0 atom stereocenters. The molecule has 4 nitrogen and oxygen atoms in total. The van der Waals surface area contributed by atoms with Crippen molar-refractivity contribution >= 4 is 33.0 Å². The minimum Gasteiger partial charge on any atom is -0.308 e. The molecule has 0 radical (unpaired) electrons. The first kappa shape index (κ1) is 13.5. The number of fused-ring (bicyclic) bond motifs is 3. The fraction of sp³-hybridized carbons (Fsp3) is 0.176. The predicted octanol–water partition coefficient (Wildman–Crippen LogP) is 3.69. The van der Waals surface area contributed by atoms with E-state index in [4.69, 9.17) is 0 Å². The van der Waals surface area contributed by atoms with Gasteiger partial charge in [0.15, 0.2) is 0 Å². The Balaban J connectivity index is 1.84.